The van der Waals surface area contributed by atoms with Crippen LogP contribution in [0, 0.1) is 0 Å². The highest BCUT2D eigenvalue weighted by atomic mass is 16.2. The van der Waals surface area contributed by atoms with E-state index in [1.54, 1.807) is 19.2 Å². The molecular weight excluding hydrogens is 244 g/mol. The maximum Gasteiger partial charge on any atom is 0.326 e. The third-order valence-corrected chi connectivity index (χ3v) is 2.63. The summed E-state index contributed by atoms with van der Waals surface area (Å²) in [5.74, 6) is 0.379. The van der Waals surface area contributed by atoms with E-state index in [1.807, 2.05) is 19.1 Å². The van der Waals surface area contributed by atoms with Crippen molar-refractivity contribution in [3.8, 4) is 0 Å². The third kappa shape index (κ3) is 3.29. The molecule has 0 radical (unpaired) electrons. The number of amides is 2. The molecule has 2 rings (SSSR count). The Bertz CT molecular complexity index is 560. The Morgan fingerprint density at radius 2 is 2.00 bits per heavy atom. The quantitative estimate of drug-likeness (QED) is 0.778. The van der Waals surface area contributed by atoms with Gasteiger partial charge in [0.1, 0.15) is 6.33 Å². The Labute approximate surface area is 110 Å². The van der Waals surface area contributed by atoms with Crippen LogP contribution in [0.25, 0.3) is 0 Å². The largest absolute Gasteiger partial charge is 0.326 e. The summed E-state index contributed by atoms with van der Waals surface area (Å²) in [6.07, 6.45) is 1.37. The van der Waals surface area contributed by atoms with Crippen LogP contribution in [-0.4, -0.2) is 20.8 Å². The molecule has 7 heteroatoms. The van der Waals surface area contributed by atoms with Gasteiger partial charge in [0.15, 0.2) is 0 Å². The van der Waals surface area contributed by atoms with Crippen molar-refractivity contribution in [2.24, 2.45) is 12.8 Å². The van der Waals surface area contributed by atoms with Crippen molar-refractivity contribution in [2.75, 3.05) is 10.6 Å². The van der Waals surface area contributed by atoms with Gasteiger partial charge in [0.25, 0.3) is 0 Å². The van der Waals surface area contributed by atoms with Crippen molar-refractivity contribution in [1.29, 1.82) is 0 Å². The number of carbonyl (C=O) groups is 1. The van der Waals surface area contributed by atoms with E-state index in [0.717, 1.165) is 5.56 Å². The molecule has 19 heavy (non-hydrogen) atoms. The normalized spacial score (nSPS) is 11.9. The Hall–Kier alpha value is -2.41. The molecule has 1 atom stereocenters. The van der Waals surface area contributed by atoms with E-state index in [1.165, 1.54) is 11.0 Å². The van der Waals surface area contributed by atoms with Gasteiger partial charge in [0, 0.05) is 18.8 Å². The second kappa shape index (κ2) is 5.49. The van der Waals surface area contributed by atoms with E-state index >= 15 is 0 Å². The van der Waals surface area contributed by atoms with Crippen LogP contribution in [0.5, 0.6) is 0 Å². The van der Waals surface area contributed by atoms with Crippen molar-refractivity contribution < 1.29 is 4.79 Å². The van der Waals surface area contributed by atoms with Crippen LogP contribution in [0.3, 0.4) is 0 Å². The molecule has 0 fully saturated rings. The summed E-state index contributed by atoms with van der Waals surface area (Å²) in [5, 5.41) is 9.15. The maximum absolute atomic E-state index is 11.7. The molecule has 1 heterocycles. The molecule has 0 aliphatic carbocycles. The van der Waals surface area contributed by atoms with Gasteiger partial charge in [-0.3, -0.25) is 5.32 Å². The molecule has 7 nitrogen and oxygen atoms in total. The number of aryl methyl sites for hydroxylation is 1. The molecule has 0 aliphatic rings. The van der Waals surface area contributed by atoms with Crippen LogP contribution in [-0.2, 0) is 7.05 Å². The van der Waals surface area contributed by atoms with Crippen molar-refractivity contribution in [1.82, 2.24) is 14.8 Å². The Morgan fingerprint density at radius 1 is 1.32 bits per heavy atom. The molecule has 100 valence electrons. The zero-order valence-electron chi connectivity index (χ0n) is 10.8. The fourth-order valence-corrected chi connectivity index (χ4v) is 1.54. The first kappa shape index (κ1) is 13.0. The van der Waals surface area contributed by atoms with Crippen LogP contribution in [0.2, 0.25) is 0 Å². The standard InChI is InChI=1S/C12H16N6O/c1-8(13)9-3-5-10(6-4-9)16-12(19)17-11-14-7-15-18(11)2/h3-8H,13H2,1-2H3,(H2,14,15,16,17,19). The molecule has 4 N–H and O–H groups in total. The van der Waals surface area contributed by atoms with E-state index in [4.69, 9.17) is 5.73 Å². The van der Waals surface area contributed by atoms with Crippen LogP contribution in [0.4, 0.5) is 16.4 Å². The number of nitrogens with two attached hydrogens (primary N) is 1. The first-order valence-corrected chi connectivity index (χ1v) is 5.84. The molecule has 1 aromatic heterocycles. The van der Waals surface area contributed by atoms with Crippen molar-refractivity contribution in [2.45, 2.75) is 13.0 Å². The molecule has 0 saturated heterocycles. The number of benzene rings is 1. The topological polar surface area (TPSA) is 97.9 Å². The van der Waals surface area contributed by atoms with Gasteiger partial charge in [-0.2, -0.15) is 10.1 Å². The van der Waals surface area contributed by atoms with E-state index in [-0.39, 0.29) is 12.1 Å². The van der Waals surface area contributed by atoms with Crippen LogP contribution < -0.4 is 16.4 Å². The van der Waals surface area contributed by atoms with Gasteiger partial charge in [-0.05, 0) is 24.6 Å². The zero-order valence-corrected chi connectivity index (χ0v) is 10.8. The van der Waals surface area contributed by atoms with Crippen LogP contribution >= 0.6 is 0 Å². The number of anilines is 2. The molecule has 0 bridgehead atoms. The summed E-state index contributed by atoms with van der Waals surface area (Å²) in [4.78, 5) is 15.6. The number of nitrogens with one attached hydrogen (secondary N) is 2. The zero-order chi connectivity index (χ0) is 13.8. The Morgan fingerprint density at radius 3 is 2.53 bits per heavy atom. The van der Waals surface area contributed by atoms with Crippen LogP contribution in [0.1, 0.15) is 18.5 Å². The highest BCUT2D eigenvalue weighted by Crippen LogP contribution is 2.14. The monoisotopic (exact) mass is 260 g/mol. The number of aromatic nitrogens is 3. The molecule has 1 unspecified atom stereocenters. The number of hydrogen-bond donors (Lipinski definition) is 3. The fourth-order valence-electron chi connectivity index (χ4n) is 1.54. The summed E-state index contributed by atoms with van der Waals surface area (Å²) in [7, 11) is 1.69. The SMILES string of the molecule is CC(N)c1ccc(NC(=O)Nc2ncnn2C)cc1. The fraction of sp³-hybridized carbons (Fsp3) is 0.250. The first-order chi connectivity index (χ1) is 9.06. The molecule has 0 spiro atoms. The molecule has 1 aromatic carbocycles. The summed E-state index contributed by atoms with van der Waals surface area (Å²) < 4.78 is 1.47. The second-order valence-corrected chi connectivity index (χ2v) is 4.20. The van der Waals surface area contributed by atoms with Crippen molar-refractivity contribution in [3.63, 3.8) is 0 Å². The summed E-state index contributed by atoms with van der Waals surface area (Å²) >= 11 is 0. The molecular formula is C12H16N6O. The van der Waals surface area contributed by atoms with Crippen molar-refractivity contribution in [3.05, 3.63) is 36.2 Å². The van der Waals surface area contributed by atoms with Gasteiger partial charge in [0.2, 0.25) is 5.95 Å². The smallest absolute Gasteiger partial charge is 0.324 e. The first-order valence-electron chi connectivity index (χ1n) is 5.84. The highest BCUT2D eigenvalue weighted by Gasteiger charge is 2.07. The summed E-state index contributed by atoms with van der Waals surface area (Å²) in [5.41, 5.74) is 7.45. The lowest BCUT2D eigenvalue weighted by Gasteiger charge is -2.09. The second-order valence-electron chi connectivity index (χ2n) is 4.20. The third-order valence-electron chi connectivity index (χ3n) is 2.63. The predicted molar refractivity (Wildman–Crippen MR) is 72.7 cm³/mol. The van der Waals surface area contributed by atoms with E-state index < -0.39 is 0 Å². The number of hydrogen-bond acceptors (Lipinski definition) is 4. The van der Waals surface area contributed by atoms with E-state index in [0.29, 0.717) is 11.6 Å². The number of nitrogens with zero attached hydrogens (tertiary/aromatic N) is 3. The number of urea groups is 1. The molecule has 0 aliphatic heterocycles. The van der Waals surface area contributed by atoms with E-state index in [9.17, 15) is 4.79 Å². The van der Waals surface area contributed by atoms with Gasteiger partial charge < -0.3 is 11.1 Å². The number of carbonyl (C=O) groups excluding carboxylic acids is 1. The average molecular weight is 260 g/mol. The summed E-state index contributed by atoms with van der Waals surface area (Å²) in [6, 6.07) is 6.96. The van der Waals surface area contributed by atoms with Gasteiger partial charge in [-0.15, -0.1) is 0 Å². The lowest BCUT2D eigenvalue weighted by molar-refractivity contribution is 0.262. The Kier molecular flexibility index (Phi) is 3.76. The lowest BCUT2D eigenvalue weighted by Crippen LogP contribution is -2.21. The van der Waals surface area contributed by atoms with E-state index in [2.05, 4.69) is 20.7 Å². The average Bonchev–Trinajstić information content (AvgIpc) is 2.75. The van der Waals surface area contributed by atoms with Crippen molar-refractivity contribution >= 4 is 17.7 Å². The van der Waals surface area contributed by atoms with Gasteiger partial charge >= 0.3 is 6.03 Å². The minimum absolute atomic E-state index is 0.0264. The van der Waals surface area contributed by atoms with Gasteiger partial charge in [-0.1, -0.05) is 12.1 Å². The molecule has 0 saturated carbocycles. The minimum Gasteiger partial charge on any atom is -0.324 e. The highest BCUT2D eigenvalue weighted by molar-refractivity contribution is 5.98. The van der Waals surface area contributed by atoms with Gasteiger partial charge in [-0.25, -0.2) is 9.48 Å². The molecule has 2 aromatic rings. The predicted octanol–water partition coefficient (Wildman–Crippen LogP) is 1.48. The number of rotatable bonds is 3. The lowest BCUT2D eigenvalue weighted by atomic mass is 10.1. The Balaban J connectivity index is 1.97. The van der Waals surface area contributed by atoms with Gasteiger partial charge in [0.05, 0.1) is 0 Å². The maximum atomic E-state index is 11.7. The minimum atomic E-state index is -0.371. The van der Waals surface area contributed by atoms with Crippen LogP contribution in [0.15, 0.2) is 30.6 Å². The molecule has 2 amide bonds. The summed E-state index contributed by atoms with van der Waals surface area (Å²) in [6.45, 7) is 1.91.